The standard InChI is InChI=1S/C25H34N2O2/c28-25-20-26(19-24-12-7-15-29-24)14-13-23(25)18-27(16-21-8-3-1-4-9-21)17-22-10-5-2-6-11-22/h1-6,8-11,23-25,28H,7,12-20H2/t23?,24?,25-/m1/s1. The number of β-amino-alcohol motifs (C(OH)–C–C–N with tert-alkyl or cyclic N) is 1. The van der Waals surface area contributed by atoms with Crippen LogP contribution in [0.25, 0.3) is 0 Å². The van der Waals surface area contributed by atoms with Crippen molar-refractivity contribution in [2.45, 2.75) is 44.6 Å². The zero-order valence-corrected chi connectivity index (χ0v) is 17.3. The number of aliphatic hydroxyl groups is 1. The summed E-state index contributed by atoms with van der Waals surface area (Å²) >= 11 is 0. The highest BCUT2D eigenvalue weighted by Crippen LogP contribution is 2.23. The SMILES string of the molecule is O[C@@H]1CN(CC2CCCO2)CCC1CN(Cc1ccccc1)Cc1ccccc1. The normalized spacial score (nSPS) is 25.5. The largest absolute Gasteiger partial charge is 0.391 e. The van der Waals surface area contributed by atoms with Crippen molar-refractivity contribution in [1.29, 1.82) is 0 Å². The molecule has 0 amide bonds. The number of nitrogens with zero attached hydrogens (tertiary/aromatic N) is 2. The first-order valence-electron chi connectivity index (χ1n) is 11.1. The van der Waals surface area contributed by atoms with Crippen LogP contribution in [0, 0.1) is 5.92 Å². The highest BCUT2D eigenvalue weighted by Gasteiger charge is 2.31. The molecule has 4 heteroatoms. The number of rotatable bonds is 8. The first-order chi connectivity index (χ1) is 14.3. The Hall–Kier alpha value is -1.72. The van der Waals surface area contributed by atoms with Crippen molar-refractivity contribution >= 4 is 0 Å². The maximum atomic E-state index is 10.9. The fourth-order valence-corrected chi connectivity index (χ4v) is 4.70. The number of piperidine rings is 1. The van der Waals surface area contributed by atoms with E-state index < -0.39 is 0 Å². The second-order valence-corrected chi connectivity index (χ2v) is 8.65. The molecular weight excluding hydrogens is 360 g/mol. The molecule has 2 unspecified atom stereocenters. The Morgan fingerprint density at radius 2 is 1.59 bits per heavy atom. The Morgan fingerprint density at radius 3 is 2.14 bits per heavy atom. The van der Waals surface area contributed by atoms with Gasteiger partial charge in [0.1, 0.15) is 0 Å². The molecule has 29 heavy (non-hydrogen) atoms. The molecule has 0 aromatic heterocycles. The molecule has 2 aromatic rings. The Balaban J connectivity index is 1.36. The van der Waals surface area contributed by atoms with Crippen LogP contribution < -0.4 is 0 Å². The second-order valence-electron chi connectivity index (χ2n) is 8.65. The molecule has 0 spiro atoms. The number of hydrogen-bond acceptors (Lipinski definition) is 4. The van der Waals surface area contributed by atoms with Crippen molar-refractivity contribution in [3.8, 4) is 0 Å². The molecule has 2 fully saturated rings. The topological polar surface area (TPSA) is 35.9 Å². The molecule has 2 saturated heterocycles. The van der Waals surface area contributed by atoms with Gasteiger partial charge in [-0.05, 0) is 36.9 Å². The molecule has 0 bridgehead atoms. The number of aliphatic hydroxyl groups excluding tert-OH is 1. The lowest BCUT2D eigenvalue weighted by atomic mass is 9.92. The van der Waals surface area contributed by atoms with Gasteiger partial charge in [0.2, 0.25) is 0 Å². The molecule has 4 nitrogen and oxygen atoms in total. The van der Waals surface area contributed by atoms with Gasteiger partial charge in [-0.25, -0.2) is 0 Å². The predicted molar refractivity (Wildman–Crippen MR) is 117 cm³/mol. The molecule has 4 rings (SSSR count). The fraction of sp³-hybridized carbons (Fsp3) is 0.520. The van der Waals surface area contributed by atoms with Gasteiger partial charge in [0, 0.05) is 45.2 Å². The monoisotopic (exact) mass is 394 g/mol. The van der Waals surface area contributed by atoms with Crippen molar-refractivity contribution in [3.05, 3.63) is 71.8 Å². The van der Waals surface area contributed by atoms with Crippen LogP contribution in [0.1, 0.15) is 30.4 Å². The first-order valence-corrected chi connectivity index (χ1v) is 11.1. The first kappa shape index (κ1) is 20.5. The van der Waals surface area contributed by atoms with E-state index in [-0.39, 0.29) is 6.10 Å². The quantitative estimate of drug-likeness (QED) is 0.743. The predicted octanol–water partition coefficient (Wildman–Crippen LogP) is 3.55. The van der Waals surface area contributed by atoms with Crippen molar-refractivity contribution in [3.63, 3.8) is 0 Å². The molecule has 0 saturated carbocycles. The van der Waals surface area contributed by atoms with Crippen LogP contribution in [-0.2, 0) is 17.8 Å². The van der Waals surface area contributed by atoms with Gasteiger partial charge in [0.05, 0.1) is 12.2 Å². The number of hydrogen-bond donors (Lipinski definition) is 1. The summed E-state index contributed by atoms with van der Waals surface area (Å²) in [6.07, 6.45) is 3.49. The van der Waals surface area contributed by atoms with Crippen LogP contribution >= 0.6 is 0 Å². The van der Waals surface area contributed by atoms with Crippen LogP contribution in [-0.4, -0.2) is 59.9 Å². The number of likely N-dealkylation sites (tertiary alicyclic amines) is 1. The van der Waals surface area contributed by atoms with E-state index in [9.17, 15) is 5.11 Å². The lowest BCUT2D eigenvalue weighted by Gasteiger charge is -2.39. The fourth-order valence-electron chi connectivity index (χ4n) is 4.70. The van der Waals surface area contributed by atoms with E-state index in [4.69, 9.17) is 4.74 Å². The van der Waals surface area contributed by atoms with E-state index >= 15 is 0 Å². The summed E-state index contributed by atoms with van der Waals surface area (Å²) in [5.74, 6) is 0.322. The molecule has 2 aliphatic heterocycles. The van der Waals surface area contributed by atoms with E-state index in [1.807, 2.05) is 0 Å². The zero-order chi connectivity index (χ0) is 19.9. The van der Waals surface area contributed by atoms with Crippen molar-refractivity contribution in [1.82, 2.24) is 9.80 Å². The van der Waals surface area contributed by atoms with E-state index in [1.165, 1.54) is 17.5 Å². The summed E-state index contributed by atoms with van der Waals surface area (Å²) in [6, 6.07) is 21.3. The minimum Gasteiger partial charge on any atom is -0.391 e. The smallest absolute Gasteiger partial charge is 0.0707 e. The van der Waals surface area contributed by atoms with E-state index in [0.29, 0.717) is 12.0 Å². The third-order valence-electron chi connectivity index (χ3n) is 6.28. The highest BCUT2D eigenvalue weighted by atomic mass is 16.5. The van der Waals surface area contributed by atoms with Gasteiger partial charge < -0.3 is 9.84 Å². The summed E-state index contributed by atoms with van der Waals surface area (Å²) in [4.78, 5) is 4.89. The minimum atomic E-state index is -0.265. The van der Waals surface area contributed by atoms with Gasteiger partial charge in [-0.2, -0.15) is 0 Å². The van der Waals surface area contributed by atoms with E-state index in [1.54, 1.807) is 0 Å². The van der Waals surface area contributed by atoms with Gasteiger partial charge in [-0.15, -0.1) is 0 Å². The lowest BCUT2D eigenvalue weighted by molar-refractivity contribution is -0.0144. The van der Waals surface area contributed by atoms with Crippen LogP contribution in [0.3, 0.4) is 0 Å². The average molecular weight is 395 g/mol. The van der Waals surface area contributed by atoms with Gasteiger partial charge >= 0.3 is 0 Å². The van der Waals surface area contributed by atoms with Gasteiger partial charge in [-0.1, -0.05) is 60.7 Å². The van der Waals surface area contributed by atoms with Crippen LogP contribution in [0.2, 0.25) is 0 Å². The summed E-state index contributed by atoms with van der Waals surface area (Å²) in [7, 11) is 0. The molecule has 156 valence electrons. The van der Waals surface area contributed by atoms with Crippen LogP contribution in [0.4, 0.5) is 0 Å². The third kappa shape index (κ3) is 6.13. The Kier molecular flexibility index (Phi) is 7.33. The third-order valence-corrected chi connectivity index (χ3v) is 6.28. The summed E-state index contributed by atoms with van der Waals surface area (Å²) < 4.78 is 5.78. The maximum absolute atomic E-state index is 10.9. The summed E-state index contributed by atoms with van der Waals surface area (Å²) in [5.41, 5.74) is 2.66. The van der Waals surface area contributed by atoms with Crippen LogP contribution in [0.5, 0.6) is 0 Å². The second kappa shape index (κ2) is 10.4. The molecular formula is C25H34N2O2. The molecule has 2 heterocycles. The van der Waals surface area contributed by atoms with Crippen molar-refractivity contribution in [2.75, 3.05) is 32.8 Å². The molecule has 1 N–H and O–H groups in total. The van der Waals surface area contributed by atoms with Gasteiger partial charge in [0.15, 0.2) is 0 Å². The van der Waals surface area contributed by atoms with Gasteiger partial charge in [0.25, 0.3) is 0 Å². The highest BCUT2D eigenvalue weighted by molar-refractivity contribution is 5.17. The number of benzene rings is 2. The number of ether oxygens (including phenoxy) is 1. The Morgan fingerprint density at radius 1 is 0.931 bits per heavy atom. The maximum Gasteiger partial charge on any atom is 0.0707 e. The summed E-state index contributed by atoms with van der Waals surface area (Å²) in [6.45, 7) is 6.47. The van der Waals surface area contributed by atoms with Crippen LogP contribution in [0.15, 0.2) is 60.7 Å². The molecule has 2 aromatic carbocycles. The molecule has 0 aliphatic carbocycles. The molecule has 2 aliphatic rings. The van der Waals surface area contributed by atoms with Crippen molar-refractivity contribution in [2.24, 2.45) is 5.92 Å². The Bertz CT molecular complexity index is 677. The van der Waals surface area contributed by atoms with E-state index in [0.717, 1.165) is 58.7 Å². The van der Waals surface area contributed by atoms with Crippen molar-refractivity contribution < 1.29 is 9.84 Å². The average Bonchev–Trinajstić information content (AvgIpc) is 3.24. The lowest BCUT2D eigenvalue weighted by Crippen LogP contribution is -2.49. The molecule has 0 radical (unpaired) electrons. The zero-order valence-electron chi connectivity index (χ0n) is 17.3. The van der Waals surface area contributed by atoms with Gasteiger partial charge in [-0.3, -0.25) is 9.80 Å². The minimum absolute atomic E-state index is 0.265. The molecule has 3 atom stereocenters. The van der Waals surface area contributed by atoms with E-state index in [2.05, 4.69) is 70.5 Å². The Labute approximate surface area is 175 Å². The summed E-state index contributed by atoms with van der Waals surface area (Å²) in [5, 5.41) is 10.9.